The van der Waals surface area contributed by atoms with Crippen molar-refractivity contribution < 1.29 is 13.2 Å². The second-order valence-corrected chi connectivity index (χ2v) is 10.5. The van der Waals surface area contributed by atoms with E-state index in [4.69, 9.17) is 9.97 Å². The van der Waals surface area contributed by atoms with Gasteiger partial charge in [0.05, 0.1) is 28.3 Å². The van der Waals surface area contributed by atoms with Crippen molar-refractivity contribution in [1.29, 1.82) is 0 Å². The van der Waals surface area contributed by atoms with Crippen molar-refractivity contribution in [3.63, 3.8) is 0 Å². The molecule has 7 heteroatoms. The zero-order valence-corrected chi connectivity index (χ0v) is 22.9. The van der Waals surface area contributed by atoms with Crippen LogP contribution in [0.15, 0.2) is 115 Å². The molecule has 0 aliphatic carbocycles. The predicted octanol–water partition coefficient (Wildman–Crippen LogP) is 8.68. The fourth-order valence-electron chi connectivity index (χ4n) is 4.84. The first-order valence-electron chi connectivity index (χ1n) is 13.4. The van der Waals surface area contributed by atoms with Crippen LogP contribution in [0.3, 0.4) is 0 Å². The van der Waals surface area contributed by atoms with Gasteiger partial charge in [-0.3, -0.25) is 9.97 Å². The van der Waals surface area contributed by atoms with Gasteiger partial charge in [-0.2, -0.15) is 18.2 Å². The van der Waals surface area contributed by atoms with Crippen LogP contribution in [-0.2, 0) is 5.41 Å². The van der Waals surface area contributed by atoms with Crippen molar-refractivity contribution in [2.24, 2.45) is 0 Å². The minimum Gasteiger partial charge on any atom is -0.252 e. The van der Waals surface area contributed by atoms with Gasteiger partial charge < -0.3 is 0 Å². The molecule has 0 bridgehead atoms. The third-order valence-corrected chi connectivity index (χ3v) is 7.26. The fourth-order valence-corrected chi connectivity index (χ4v) is 4.84. The first kappa shape index (κ1) is 27.0. The first-order chi connectivity index (χ1) is 20.3. The Morgan fingerprint density at radius 2 is 1.05 bits per heavy atom. The number of nitrogens with zero attached hydrogens (tertiary/aromatic N) is 4. The van der Waals surface area contributed by atoms with Gasteiger partial charge in [0.25, 0.3) is 0 Å². The summed E-state index contributed by atoms with van der Waals surface area (Å²) in [5, 5.41) is 0. The molecule has 0 N–H and O–H groups in total. The molecule has 0 amide bonds. The average molecular weight is 559 g/mol. The lowest BCUT2D eigenvalue weighted by atomic mass is 9.82. The van der Waals surface area contributed by atoms with Crippen LogP contribution in [0.25, 0.3) is 44.8 Å². The minimum absolute atomic E-state index is 0.0929. The molecule has 4 aromatic heterocycles. The molecular formula is C35H25F3N4. The number of benzene rings is 2. The smallest absolute Gasteiger partial charge is 0.224 e. The Morgan fingerprint density at radius 1 is 0.500 bits per heavy atom. The molecule has 0 unspecified atom stereocenters. The van der Waals surface area contributed by atoms with E-state index in [1.54, 1.807) is 12.1 Å². The topological polar surface area (TPSA) is 51.6 Å². The second kappa shape index (κ2) is 11.0. The quantitative estimate of drug-likeness (QED) is 0.192. The molecule has 6 rings (SSSR count). The molecule has 42 heavy (non-hydrogen) atoms. The van der Waals surface area contributed by atoms with E-state index in [1.165, 1.54) is 18.3 Å². The maximum Gasteiger partial charge on any atom is 0.224 e. The molecule has 0 atom stereocenters. The number of rotatable bonds is 6. The number of pyridine rings is 4. The van der Waals surface area contributed by atoms with Gasteiger partial charge in [0.2, 0.25) is 17.8 Å². The Balaban J connectivity index is 1.56. The number of hydrogen-bond donors (Lipinski definition) is 0. The standard InChI is InChI=1S/C35H25F3N4/c1-35(2,30-19-25(22-9-5-3-6-10-22)17-28(40-30)24-13-15-32(36)39-21-24)31-20-26(23-11-7-4-8-12-23)18-29(41-31)27-14-16-33(37)42-34(27)38/h3-21H,1-2H3. The summed E-state index contributed by atoms with van der Waals surface area (Å²) in [7, 11) is 0. The normalized spacial score (nSPS) is 11.5. The van der Waals surface area contributed by atoms with Crippen molar-refractivity contribution in [1.82, 2.24) is 19.9 Å². The third-order valence-electron chi connectivity index (χ3n) is 7.26. The molecular weight excluding hydrogens is 533 g/mol. The summed E-state index contributed by atoms with van der Waals surface area (Å²) >= 11 is 0. The molecule has 0 aliphatic rings. The van der Waals surface area contributed by atoms with E-state index in [1.807, 2.05) is 92.7 Å². The molecule has 6 aromatic rings. The molecule has 0 radical (unpaired) electrons. The van der Waals surface area contributed by atoms with Gasteiger partial charge in [-0.25, -0.2) is 4.98 Å². The predicted molar refractivity (Wildman–Crippen MR) is 158 cm³/mol. The maximum absolute atomic E-state index is 14.9. The van der Waals surface area contributed by atoms with Gasteiger partial charge in [-0.1, -0.05) is 60.7 Å². The summed E-state index contributed by atoms with van der Waals surface area (Å²) < 4.78 is 42.2. The third kappa shape index (κ3) is 5.41. The number of halogens is 3. The molecule has 0 saturated carbocycles. The van der Waals surface area contributed by atoms with Crippen molar-refractivity contribution in [3.8, 4) is 44.8 Å². The van der Waals surface area contributed by atoms with Crippen LogP contribution < -0.4 is 0 Å². The van der Waals surface area contributed by atoms with Crippen molar-refractivity contribution >= 4 is 0 Å². The summed E-state index contributed by atoms with van der Waals surface area (Å²) in [5.74, 6) is -2.41. The lowest BCUT2D eigenvalue weighted by Gasteiger charge is -2.26. The van der Waals surface area contributed by atoms with Crippen LogP contribution in [0, 0.1) is 17.8 Å². The van der Waals surface area contributed by atoms with E-state index in [9.17, 15) is 13.2 Å². The summed E-state index contributed by atoms with van der Waals surface area (Å²) in [4.78, 5) is 17.1. The molecule has 2 aromatic carbocycles. The van der Waals surface area contributed by atoms with E-state index in [-0.39, 0.29) is 5.56 Å². The Bertz CT molecular complexity index is 1870. The lowest BCUT2D eigenvalue weighted by Crippen LogP contribution is -2.23. The zero-order valence-electron chi connectivity index (χ0n) is 22.9. The number of hydrogen-bond acceptors (Lipinski definition) is 4. The van der Waals surface area contributed by atoms with Crippen LogP contribution in [0.2, 0.25) is 0 Å². The van der Waals surface area contributed by atoms with E-state index in [2.05, 4.69) is 9.97 Å². The largest absolute Gasteiger partial charge is 0.252 e. The maximum atomic E-state index is 14.9. The number of aromatic nitrogens is 4. The Hall–Kier alpha value is -5.17. The summed E-state index contributed by atoms with van der Waals surface area (Å²) in [5.41, 5.74) is 5.89. The van der Waals surface area contributed by atoms with Crippen LogP contribution in [0.4, 0.5) is 13.2 Å². The van der Waals surface area contributed by atoms with Gasteiger partial charge in [-0.15, -0.1) is 0 Å². The molecule has 4 heterocycles. The van der Waals surface area contributed by atoms with Gasteiger partial charge >= 0.3 is 0 Å². The molecule has 206 valence electrons. The minimum atomic E-state index is -0.938. The summed E-state index contributed by atoms with van der Waals surface area (Å²) in [6.45, 7) is 3.99. The highest BCUT2D eigenvalue weighted by atomic mass is 19.1. The van der Waals surface area contributed by atoms with Crippen LogP contribution >= 0.6 is 0 Å². The van der Waals surface area contributed by atoms with Crippen LogP contribution in [0.5, 0.6) is 0 Å². The van der Waals surface area contributed by atoms with E-state index >= 15 is 0 Å². The molecule has 4 nitrogen and oxygen atoms in total. The van der Waals surface area contributed by atoms with Crippen LogP contribution in [0.1, 0.15) is 25.2 Å². The van der Waals surface area contributed by atoms with Gasteiger partial charge in [0.1, 0.15) is 0 Å². The van der Waals surface area contributed by atoms with Crippen molar-refractivity contribution in [2.45, 2.75) is 19.3 Å². The summed E-state index contributed by atoms with van der Waals surface area (Å²) in [6.07, 6.45) is 1.46. The molecule has 0 spiro atoms. The van der Waals surface area contributed by atoms with E-state index in [0.717, 1.165) is 28.3 Å². The van der Waals surface area contributed by atoms with E-state index in [0.29, 0.717) is 28.3 Å². The molecule has 0 fully saturated rings. The van der Waals surface area contributed by atoms with Crippen LogP contribution in [-0.4, -0.2) is 19.9 Å². The van der Waals surface area contributed by atoms with Crippen molar-refractivity contribution in [3.05, 3.63) is 145 Å². The Morgan fingerprint density at radius 3 is 1.60 bits per heavy atom. The fraction of sp³-hybridized carbons (Fsp3) is 0.0857. The lowest BCUT2D eigenvalue weighted by molar-refractivity contribution is 0.514. The van der Waals surface area contributed by atoms with E-state index < -0.39 is 23.3 Å². The molecule has 0 aliphatic heterocycles. The van der Waals surface area contributed by atoms with Gasteiger partial charge in [0.15, 0.2) is 0 Å². The highest BCUT2D eigenvalue weighted by Crippen LogP contribution is 2.37. The van der Waals surface area contributed by atoms with Gasteiger partial charge in [-0.05, 0) is 84.6 Å². The Kier molecular flexibility index (Phi) is 7.08. The molecule has 0 saturated heterocycles. The zero-order chi connectivity index (χ0) is 29.3. The van der Waals surface area contributed by atoms with Crippen molar-refractivity contribution in [2.75, 3.05) is 0 Å². The highest BCUT2D eigenvalue weighted by molar-refractivity contribution is 5.73. The SMILES string of the molecule is CC(C)(c1cc(-c2ccccc2)cc(-c2ccc(F)nc2)n1)c1cc(-c2ccccc2)cc(-c2ccc(F)nc2F)n1. The highest BCUT2D eigenvalue weighted by Gasteiger charge is 2.29. The monoisotopic (exact) mass is 558 g/mol. The Labute approximate surface area is 241 Å². The summed E-state index contributed by atoms with van der Waals surface area (Å²) in [6, 6.07) is 32.7. The van der Waals surface area contributed by atoms with Gasteiger partial charge in [0, 0.05) is 17.2 Å². The average Bonchev–Trinajstić information content (AvgIpc) is 3.02. The second-order valence-electron chi connectivity index (χ2n) is 10.5. The first-order valence-corrected chi connectivity index (χ1v) is 13.4.